The van der Waals surface area contributed by atoms with Crippen molar-refractivity contribution in [2.75, 3.05) is 4.72 Å². The lowest BCUT2D eigenvalue weighted by Gasteiger charge is -2.10. The SMILES string of the molecule is Cc1cc(C)cc(S(=O)(=O)Nc2cccnc2Cl)c1. The molecule has 6 heteroatoms. The Labute approximate surface area is 117 Å². The van der Waals surface area contributed by atoms with Crippen molar-refractivity contribution in [3.8, 4) is 0 Å². The van der Waals surface area contributed by atoms with Crippen LogP contribution in [0.25, 0.3) is 0 Å². The second-order valence-corrected chi connectivity index (χ2v) is 6.31. The number of pyridine rings is 1. The third kappa shape index (κ3) is 3.24. The number of hydrogen-bond acceptors (Lipinski definition) is 3. The van der Waals surface area contributed by atoms with Gasteiger partial charge in [0, 0.05) is 6.20 Å². The Balaban J connectivity index is 2.41. The number of aromatic nitrogens is 1. The molecule has 1 heterocycles. The van der Waals surface area contributed by atoms with Crippen molar-refractivity contribution in [1.82, 2.24) is 4.98 Å². The van der Waals surface area contributed by atoms with Gasteiger partial charge in [0.2, 0.25) is 0 Å². The number of hydrogen-bond donors (Lipinski definition) is 1. The zero-order valence-electron chi connectivity index (χ0n) is 10.5. The molecule has 2 aromatic rings. The molecule has 1 aromatic heterocycles. The monoisotopic (exact) mass is 296 g/mol. The maximum absolute atomic E-state index is 12.3. The number of aryl methyl sites for hydroxylation is 2. The summed E-state index contributed by atoms with van der Waals surface area (Å²) >= 11 is 5.84. The Morgan fingerprint density at radius 1 is 1.16 bits per heavy atom. The molecule has 100 valence electrons. The second-order valence-electron chi connectivity index (χ2n) is 4.27. The number of nitrogens with one attached hydrogen (secondary N) is 1. The molecule has 0 amide bonds. The first-order valence-corrected chi connectivity index (χ1v) is 7.46. The Bertz CT molecular complexity index is 694. The van der Waals surface area contributed by atoms with Gasteiger partial charge in [0.1, 0.15) is 0 Å². The summed E-state index contributed by atoms with van der Waals surface area (Å²) in [5.74, 6) is 0. The molecule has 0 unspecified atom stereocenters. The van der Waals surface area contributed by atoms with Crippen LogP contribution >= 0.6 is 11.6 Å². The van der Waals surface area contributed by atoms with Crippen molar-refractivity contribution in [2.45, 2.75) is 18.7 Å². The number of nitrogens with zero attached hydrogens (tertiary/aromatic N) is 1. The summed E-state index contributed by atoms with van der Waals surface area (Å²) in [6.07, 6.45) is 1.50. The molecule has 1 N–H and O–H groups in total. The Kier molecular flexibility index (Phi) is 3.78. The lowest BCUT2D eigenvalue weighted by Crippen LogP contribution is -2.13. The van der Waals surface area contributed by atoms with Gasteiger partial charge in [-0.05, 0) is 49.2 Å². The van der Waals surface area contributed by atoms with Crippen molar-refractivity contribution < 1.29 is 8.42 Å². The van der Waals surface area contributed by atoms with E-state index in [0.29, 0.717) is 0 Å². The molecule has 19 heavy (non-hydrogen) atoms. The van der Waals surface area contributed by atoms with E-state index in [4.69, 9.17) is 11.6 Å². The summed E-state index contributed by atoms with van der Waals surface area (Å²) in [6.45, 7) is 3.70. The third-order valence-electron chi connectivity index (χ3n) is 2.51. The number of rotatable bonds is 3. The lowest BCUT2D eigenvalue weighted by atomic mass is 10.2. The van der Waals surface area contributed by atoms with E-state index in [0.717, 1.165) is 11.1 Å². The highest BCUT2D eigenvalue weighted by Gasteiger charge is 2.16. The van der Waals surface area contributed by atoms with E-state index in [1.165, 1.54) is 6.20 Å². The fourth-order valence-electron chi connectivity index (χ4n) is 1.75. The maximum Gasteiger partial charge on any atom is 0.262 e. The second kappa shape index (κ2) is 5.19. The van der Waals surface area contributed by atoms with Crippen LogP contribution in [0, 0.1) is 13.8 Å². The van der Waals surface area contributed by atoms with E-state index in [1.54, 1.807) is 24.3 Å². The standard InChI is InChI=1S/C13H13ClN2O2S/c1-9-6-10(2)8-11(7-9)19(17,18)16-12-4-3-5-15-13(12)14/h3-8,16H,1-2H3. The van der Waals surface area contributed by atoms with Crippen LogP contribution < -0.4 is 4.72 Å². The van der Waals surface area contributed by atoms with Crippen LogP contribution in [-0.2, 0) is 10.0 Å². The first-order chi connectivity index (χ1) is 8.88. The van der Waals surface area contributed by atoms with Crippen LogP contribution in [0.4, 0.5) is 5.69 Å². The van der Waals surface area contributed by atoms with Crippen LogP contribution in [0.2, 0.25) is 5.15 Å². The average molecular weight is 297 g/mol. The van der Waals surface area contributed by atoms with E-state index in [9.17, 15) is 8.42 Å². The summed E-state index contributed by atoms with van der Waals surface area (Å²) < 4.78 is 27.0. The molecule has 0 aliphatic rings. The van der Waals surface area contributed by atoms with Crippen molar-refractivity contribution in [3.05, 3.63) is 52.8 Å². The average Bonchev–Trinajstić information content (AvgIpc) is 2.31. The summed E-state index contributed by atoms with van der Waals surface area (Å²) in [4.78, 5) is 4.04. The lowest BCUT2D eigenvalue weighted by molar-refractivity contribution is 0.601. The molecule has 0 aliphatic carbocycles. The summed E-state index contributed by atoms with van der Waals surface area (Å²) in [6, 6.07) is 8.32. The van der Waals surface area contributed by atoms with Crippen LogP contribution in [0.15, 0.2) is 41.4 Å². The van der Waals surface area contributed by atoms with Crippen molar-refractivity contribution in [3.63, 3.8) is 0 Å². The highest BCUT2D eigenvalue weighted by atomic mass is 35.5. The number of benzene rings is 1. The molecule has 0 spiro atoms. The molecule has 4 nitrogen and oxygen atoms in total. The van der Waals surface area contributed by atoms with Crippen molar-refractivity contribution in [2.24, 2.45) is 0 Å². The zero-order chi connectivity index (χ0) is 14.0. The third-order valence-corrected chi connectivity index (χ3v) is 4.16. The number of sulfonamides is 1. The van der Waals surface area contributed by atoms with Gasteiger partial charge in [-0.15, -0.1) is 0 Å². The van der Waals surface area contributed by atoms with Gasteiger partial charge in [-0.3, -0.25) is 4.72 Å². The van der Waals surface area contributed by atoms with Gasteiger partial charge < -0.3 is 0 Å². The van der Waals surface area contributed by atoms with Crippen molar-refractivity contribution in [1.29, 1.82) is 0 Å². The molecular weight excluding hydrogens is 284 g/mol. The Morgan fingerprint density at radius 3 is 2.37 bits per heavy atom. The fraction of sp³-hybridized carbons (Fsp3) is 0.154. The van der Waals surface area contributed by atoms with Gasteiger partial charge in [0.15, 0.2) is 5.15 Å². The minimum Gasteiger partial charge on any atom is -0.276 e. The summed E-state index contributed by atoms with van der Waals surface area (Å²) in [5.41, 5.74) is 2.04. The first kappa shape index (κ1) is 13.8. The fourth-order valence-corrected chi connectivity index (χ4v) is 3.23. The minimum absolute atomic E-state index is 0.121. The molecule has 0 aliphatic heterocycles. The van der Waals surface area contributed by atoms with Crippen molar-refractivity contribution >= 4 is 27.3 Å². The molecule has 0 fully saturated rings. The normalized spacial score (nSPS) is 11.3. The van der Waals surface area contributed by atoms with E-state index < -0.39 is 10.0 Å². The quantitative estimate of drug-likeness (QED) is 0.885. The van der Waals surface area contributed by atoms with Gasteiger partial charge in [-0.1, -0.05) is 17.7 Å². The van der Waals surface area contributed by atoms with Gasteiger partial charge in [-0.2, -0.15) is 0 Å². The smallest absolute Gasteiger partial charge is 0.262 e. The summed E-state index contributed by atoms with van der Waals surface area (Å²) in [7, 11) is -3.66. The summed E-state index contributed by atoms with van der Waals surface area (Å²) in [5, 5.41) is 0.121. The van der Waals surface area contributed by atoms with E-state index in [-0.39, 0.29) is 15.7 Å². The number of anilines is 1. The van der Waals surface area contributed by atoms with Gasteiger partial charge in [-0.25, -0.2) is 13.4 Å². The van der Waals surface area contributed by atoms with Crippen LogP contribution in [0.1, 0.15) is 11.1 Å². The Hall–Kier alpha value is -1.59. The molecule has 0 bridgehead atoms. The van der Waals surface area contributed by atoms with E-state index in [2.05, 4.69) is 9.71 Å². The molecule has 0 atom stereocenters. The predicted octanol–water partition coefficient (Wildman–Crippen LogP) is 3.15. The minimum atomic E-state index is -3.66. The van der Waals surface area contributed by atoms with Gasteiger partial charge in [0.05, 0.1) is 10.6 Å². The zero-order valence-corrected chi connectivity index (χ0v) is 12.1. The van der Waals surface area contributed by atoms with Crippen LogP contribution in [-0.4, -0.2) is 13.4 Å². The van der Waals surface area contributed by atoms with E-state index >= 15 is 0 Å². The molecule has 1 aromatic carbocycles. The Morgan fingerprint density at radius 2 is 1.79 bits per heavy atom. The molecule has 2 rings (SSSR count). The van der Waals surface area contributed by atoms with Gasteiger partial charge in [0.25, 0.3) is 10.0 Å². The van der Waals surface area contributed by atoms with E-state index in [1.807, 2.05) is 19.9 Å². The maximum atomic E-state index is 12.3. The largest absolute Gasteiger partial charge is 0.276 e. The molecular formula is C13H13ClN2O2S. The van der Waals surface area contributed by atoms with Crippen LogP contribution in [0.5, 0.6) is 0 Å². The first-order valence-electron chi connectivity index (χ1n) is 5.60. The molecule has 0 saturated heterocycles. The van der Waals surface area contributed by atoms with Gasteiger partial charge >= 0.3 is 0 Å². The highest BCUT2D eigenvalue weighted by Crippen LogP contribution is 2.22. The topological polar surface area (TPSA) is 59.1 Å². The molecule has 0 radical (unpaired) electrons. The van der Waals surface area contributed by atoms with Crippen LogP contribution in [0.3, 0.4) is 0 Å². The number of halogens is 1. The predicted molar refractivity (Wildman–Crippen MR) is 76.0 cm³/mol. The highest BCUT2D eigenvalue weighted by molar-refractivity contribution is 7.92. The molecule has 0 saturated carbocycles.